The molecule has 0 spiro atoms. The van der Waals surface area contributed by atoms with Crippen molar-refractivity contribution < 1.29 is 23.6 Å². The van der Waals surface area contributed by atoms with Gasteiger partial charge < -0.3 is 9.47 Å². The van der Waals surface area contributed by atoms with E-state index in [0.29, 0.717) is 17.1 Å². The predicted molar refractivity (Wildman–Crippen MR) is 95.1 cm³/mol. The highest BCUT2D eigenvalue weighted by Crippen LogP contribution is 2.24. The van der Waals surface area contributed by atoms with E-state index in [-0.39, 0.29) is 23.7 Å². The number of halogens is 1. The van der Waals surface area contributed by atoms with Gasteiger partial charge in [0.15, 0.2) is 0 Å². The van der Waals surface area contributed by atoms with Crippen LogP contribution in [-0.4, -0.2) is 10.9 Å². The van der Waals surface area contributed by atoms with Crippen LogP contribution in [0, 0.1) is 15.9 Å². The molecular formula is C20H14FNO5. The highest BCUT2D eigenvalue weighted by atomic mass is 19.1. The molecule has 0 heterocycles. The number of nitro groups is 1. The van der Waals surface area contributed by atoms with Crippen molar-refractivity contribution >= 4 is 11.7 Å². The van der Waals surface area contributed by atoms with Gasteiger partial charge >= 0.3 is 5.97 Å². The van der Waals surface area contributed by atoms with E-state index in [1.807, 2.05) is 0 Å². The average molecular weight is 367 g/mol. The summed E-state index contributed by atoms with van der Waals surface area (Å²) in [5.41, 5.74) is 0.917. The lowest BCUT2D eigenvalue weighted by Gasteiger charge is -2.08. The second-order valence-electron chi connectivity index (χ2n) is 5.58. The van der Waals surface area contributed by atoms with Gasteiger partial charge in [-0.2, -0.15) is 0 Å². The Labute approximate surface area is 153 Å². The van der Waals surface area contributed by atoms with Gasteiger partial charge in [-0.15, -0.1) is 0 Å². The van der Waals surface area contributed by atoms with Crippen LogP contribution in [0.2, 0.25) is 0 Å². The van der Waals surface area contributed by atoms with E-state index in [2.05, 4.69) is 0 Å². The quantitative estimate of drug-likeness (QED) is 0.352. The normalized spacial score (nSPS) is 10.3. The lowest BCUT2D eigenvalue weighted by molar-refractivity contribution is -0.384. The molecule has 0 fully saturated rings. The van der Waals surface area contributed by atoms with E-state index in [1.54, 1.807) is 18.2 Å². The van der Waals surface area contributed by atoms with Crippen LogP contribution in [0.25, 0.3) is 0 Å². The second-order valence-corrected chi connectivity index (χ2v) is 5.58. The van der Waals surface area contributed by atoms with Crippen molar-refractivity contribution in [3.63, 3.8) is 0 Å². The lowest BCUT2D eigenvalue weighted by Crippen LogP contribution is -2.05. The fourth-order valence-corrected chi connectivity index (χ4v) is 2.27. The molecule has 0 aromatic heterocycles. The van der Waals surface area contributed by atoms with E-state index in [9.17, 15) is 19.3 Å². The molecule has 0 saturated carbocycles. The minimum absolute atomic E-state index is 0.0204. The molecule has 136 valence electrons. The lowest BCUT2D eigenvalue weighted by atomic mass is 10.2. The summed E-state index contributed by atoms with van der Waals surface area (Å²) in [4.78, 5) is 22.3. The minimum Gasteiger partial charge on any atom is -0.457 e. The molecule has 6 nitrogen and oxygen atoms in total. The molecule has 0 amide bonds. The molecule has 0 unspecified atom stereocenters. The Bertz CT molecular complexity index is 955. The van der Waals surface area contributed by atoms with E-state index in [4.69, 9.17) is 9.47 Å². The molecule has 0 aliphatic heterocycles. The molecule has 3 aromatic carbocycles. The second kappa shape index (κ2) is 8.09. The van der Waals surface area contributed by atoms with Crippen LogP contribution in [0.3, 0.4) is 0 Å². The zero-order valence-corrected chi connectivity index (χ0v) is 14.0. The van der Waals surface area contributed by atoms with Crippen LogP contribution < -0.4 is 4.74 Å². The first-order valence-corrected chi connectivity index (χ1v) is 7.95. The Morgan fingerprint density at radius 2 is 1.67 bits per heavy atom. The number of carbonyl (C=O) groups is 1. The zero-order chi connectivity index (χ0) is 19.2. The maximum absolute atomic E-state index is 12.9. The van der Waals surface area contributed by atoms with Gasteiger partial charge in [0.05, 0.1) is 10.5 Å². The van der Waals surface area contributed by atoms with Crippen LogP contribution in [0.5, 0.6) is 11.5 Å². The number of hydrogen-bond donors (Lipinski definition) is 0. The first-order chi connectivity index (χ1) is 13.0. The number of rotatable bonds is 6. The Kier molecular flexibility index (Phi) is 5.41. The van der Waals surface area contributed by atoms with E-state index in [0.717, 1.165) is 0 Å². The van der Waals surface area contributed by atoms with E-state index >= 15 is 0 Å². The smallest absolute Gasteiger partial charge is 0.338 e. The van der Waals surface area contributed by atoms with Crippen molar-refractivity contribution in [1.29, 1.82) is 0 Å². The summed E-state index contributed by atoms with van der Waals surface area (Å²) >= 11 is 0. The zero-order valence-electron chi connectivity index (χ0n) is 14.0. The summed E-state index contributed by atoms with van der Waals surface area (Å²) in [5.74, 6) is -0.118. The third-order valence-corrected chi connectivity index (χ3v) is 3.64. The van der Waals surface area contributed by atoms with Gasteiger partial charge in [-0.05, 0) is 48.0 Å². The van der Waals surface area contributed by atoms with Crippen molar-refractivity contribution in [1.82, 2.24) is 0 Å². The van der Waals surface area contributed by atoms with Gasteiger partial charge in [-0.1, -0.05) is 18.2 Å². The number of nitro benzene ring substituents is 1. The van der Waals surface area contributed by atoms with Crippen LogP contribution in [-0.2, 0) is 11.3 Å². The van der Waals surface area contributed by atoms with Gasteiger partial charge in [0, 0.05) is 12.1 Å². The molecule has 27 heavy (non-hydrogen) atoms. The highest BCUT2D eigenvalue weighted by Gasteiger charge is 2.10. The van der Waals surface area contributed by atoms with Gasteiger partial charge in [-0.3, -0.25) is 10.1 Å². The molecule has 0 saturated heterocycles. The van der Waals surface area contributed by atoms with E-state index < -0.39 is 10.9 Å². The summed E-state index contributed by atoms with van der Waals surface area (Å²) in [7, 11) is 0. The number of non-ortho nitro benzene ring substituents is 1. The molecule has 0 radical (unpaired) electrons. The van der Waals surface area contributed by atoms with Crippen LogP contribution >= 0.6 is 0 Å². The summed E-state index contributed by atoms with van der Waals surface area (Å²) in [6.45, 7) is 0.0204. The molecular weight excluding hydrogens is 353 g/mol. The van der Waals surface area contributed by atoms with Crippen molar-refractivity contribution in [3.8, 4) is 11.5 Å². The number of esters is 1. The maximum atomic E-state index is 12.9. The Morgan fingerprint density at radius 1 is 0.963 bits per heavy atom. The molecule has 0 bridgehead atoms. The third kappa shape index (κ3) is 4.88. The molecule has 0 aliphatic carbocycles. The summed E-state index contributed by atoms with van der Waals surface area (Å²) in [6, 6.07) is 17.6. The minimum atomic E-state index is -0.548. The Morgan fingerprint density at radius 3 is 2.33 bits per heavy atom. The molecule has 3 rings (SSSR count). The summed E-state index contributed by atoms with van der Waals surface area (Å²) in [5, 5.41) is 10.7. The summed E-state index contributed by atoms with van der Waals surface area (Å²) in [6.07, 6.45) is 0. The fourth-order valence-electron chi connectivity index (χ4n) is 2.27. The summed E-state index contributed by atoms with van der Waals surface area (Å²) < 4.78 is 23.7. The van der Waals surface area contributed by atoms with Crippen molar-refractivity contribution in [2.45, 2.75) is 6.61 Å². The first kappa shape index (κ1) is 18.1. The molecule has 0 N–H and O–H groups in total. The van der Waals surface area contributed by atoms with Crippen LogP contribution in [0.15, 0.2) is 72.8 Å². The highest BCUT2D eigenvalue weighted by molar-refractivity contribution is 5.89. The maximum Gasteiger partial charge on any atom is 0.338 e. The average Bonchev–Trinajstić information content (AvgIpc) is 2.68. The number of nitrogens with zero attached hydrogens (tertiary/aromatic N) is 1. The van der Waals surface area contributed by atoms with Crippen molar-refractivity contribution in [2.75, 3.05) is 0 Å². The van der Waals surface area contributed by atoms with Crippen molar-refractivity contribution in [3.05, 3.63) is 99.9 Å². The SMILES string of the molecule is O=C(OCc1ccc(F)cc1)c1cccc(Oc2ccc([N+](=O)[O-])cc2)c1. The molecule has 0 aliphatic rings. The van der Waals surface area contributed by atoms with Gasteiger partial charge in [0.1, 0.15) is 23.9 Å². The van der Waals surface area contributed by atoms with Crippen LogP contribution in [0.4, 0.5) is 10.1 Å². The standard InChI is InChI=1S/C20H14FNO5/c21-16-6-4-14(5-7-16)13-26-20(23)15-2-1-3-19(12-15)27-18-10-8-17(9-11-18)22(24)25/h1-12H,13H2. The van der Waals surface area contributed by atoms with Crippen LogP contribution in [0.1, 0.15) is 15.9 Å². The number of benzene rings is 3. The Hall–Kier alpha value is -3.74. The molecule has 3 aromatic rings. The van der Waals surface area contributed by atoms with Crippen molar-refractivity contribution in [2.24, 2.45) is 0 Å². The van der Waals surface area contributed by atoms with Gasteiger partial charge in [0.25, 0.3) is 5.69 Å². The fraction of sp³-hybridized carbons (Fsp3) is 0.0500. The first-order valence-electron chi connectivity index (χ1n) is 7.95. The van der Waals surface area contributed by atoms with Gasteiger partial charge in [-0.25, -0.2) is 9.18 Å². The topological polar surface area (TPSA) is 78.7 Å². The molecule has 0 atom stereocenters. The Balaban J connectivity index is 1.64. The largest absolute Gasteiger partial charge is 0.457 e. The number of carbonyl (C=O) groups excluding carboxylic acids is 1. The van der Waals surface area contributed by atoms with E-state index in [1.165, 1.54) is 54.6 Å². The van der Waals surface area contributed by atoms with Gasteiger partial charge in [0.2, 0.25) is 0 Å². The predicted octanol–water partition coefficient (Wildman–Crippen LogP) is 4.88. The third-order valence-electron chi connectivity index (χ3n) is 3.64. The molecule has 7 heteroatoms. The monoisotopic (exact) mass is 367 g/mol. The number of hydrogen-bond acceptors (Lipinski definition) is 5. The number of ether oxygens (including phenoxy) is 2.